The summed E-state index contributed by atoms with van der Waals surface area (Å²) in [5.74, 6) is 0.0176. The van der Waals surface area contributed by atoms with Crippen LogP contribution in [-0.4, -0.2) is 42.4 Å². The third-order valence-electron chi connectivity index (χ3n) is 3.93. The van der Waals surface area contributed by atoms with Crippen LogP contribution in [0.3, 0.4) is 0 Å². The van der Waals surface area contributed by atoms with Gasteiger partial charge in [0, 0.05) is 39.0 Å². The van der Waals surface area contributed by atoms with Crippen LogP contribution in [0, 0.1) is 0 Å². The molecule has 1 fully saturated rings. The van der Waals surface area contributed by atoms with Crippen LogP contribution in [0.15, 0.2) is 30.3 Å². The lowest BCUT2D eigenvalue weighted by Crippen LogP contribution is -2.46. The van der Waals surface area contributed by atoms with E-state index in [1.807, 2.05) is 30.3 Å². The Labute approximate surface area is 132 Å². The number of carbonyl (C=O) groups excluding carboxylic acids is 2. The van der Waals surface area contributed by atoms with E-state index in [-0.39, 0.29) is 17.9 Å². The fraction of sp³-hybridized carbons (Fsp3) is 0.529. The molecule has 0 aromatic heterocycles. The molecule has 1 unspecified atom stereocenters. The predicted octanol–water partition coefficient (Wildman–Crippen LogP) is 1.29. The van der Waals surface area contributed by atoms with Crippen molar-refractivity contribution >= 4 is 11.8 Å². The Morgan fingerprint density at radius 1 is 1.32 bits per heavy atom. The SMILES string of the molecule is CC(=O)N(CCC(=O)NC1CCCNC1)Cc1ccccc1. The number of amides is 2. The summed E-state index contributed by atoms with van der Waals surface area (Å²) < 4.78 is 0. The molecule has 2 amide bonds. The van der Waals surface area contributed by atoms with E-state index in [4.69, 9.17) is 0 Å². The highest BCUT2D eigenvalue weighted by molar-refractivity contribution is 5.78. The van der Waals surface area contributed by atoms with E-state index in [9.17, 15) is 9.59 Å². The molecule has 1 atom stereocenters. The molecule has 5 nitrogen and oxygen atoms in total. The lowest BCUT2D eigenvalue weighted by atomic mass is 10.1. The smallest absolute Gasteiger partial charge is 0.222 e. The number of rotatable bonds is 6. The molecule has 1 aliphatic rings. The van der Waals surface area contributed by atoms with Crippen LogP contribution < -0.4 is 10.6 Å². The normalized spacial score (nSPS) is 17.8. The van der Waals surface area contributed by atoms with Crippen molar-refractivity contribution in [2.45, 2.75) is 38.8 Å². The monoisotopic (exact) mass is 303 g/mol. The topological polar surface area (TPSA) is 61.4 Å². The number of piperidine rings is 1. The number of hydrogen-bond donors (Lipinski definition) is 2. The van der Waals surface area contributed by atoms with Gasteiger partial charge in [-0.1, -0.05) is 30.3 Å². The Morgan fingerprint density at radius 3 is 2.73 bits per heavy atom. The first-order chi connectivity index (χ1) is 10.6. The fourth-order valence-electron chi connectivity index (χ4n) is 2.66. The van der Waals surface area contributed by atoms with E-state index in [1.54, 1.807) is 11.8 Å². The second-order valence-corrected chi connectivity index (χ2v) is 5.79. The summed E-state index contributed by atoms with van der Waals surface area (Å²) in [7, 11) is 0. The minimum atomic E-state index is -0.00372. The zero-order valence-corrected chi connectivity index (χ0v) is 13.2. The molecular weight excluding hydrogens is 278 g/mol. The van der Waals surface area contributed by atoms with Crippen LogP contribution in [0.2, 0.25) is 0 Å². The van der Waals surface area contributed by atoms with Crippen LogP contribution >= 0.6 is 0 Å². The van der Waals surface area contributed by atoms with E-state index in [0.717, 1.165) is 31.5 Å². The summed E-state index contributed by atoms with van der Waals surface area (Å²) in [4.78, 5) is 25.5. The Bertz CT molecular complexity index is 484. The van der Waals surface area contributed by atoms with E-state index < -0.39 is 0 Å². The molecule has 0 bridgehead atoms. The van der Waals surface area contributed by atoms with E-state index in [0.29, 0.717) is 19.5 Å². The van der Waals surface area contributed by atoms with Gasteiger partial charge < -0.3 is 15.5 Å². The molecule has 5 heteroatoms. The third-order valence-corrected chi connectivity index (χ3v) is 3.93. The largest absolute Gasteiger partial charge is 0.352 e. The molecule has 22 heavy (non-hydrogen) atoms. The quantitative estimate of drug-likeness (QED) is 0.832. The average molecular weight is 303 g/mol. The molecule has 1 aliphatic heterocycles. The van der Waals surface area contributed by atoms with Crippen molar-refractivity contribution in [2.24, 2.45) is 0 Å². The summed E-state index contributed by atoms with van der Waals surface area (Å²) >= 11 is 0. The van der Waals surface area contributed by atoms with Gasteiger partial charge in [0.15, 0.2) is 0 Å². The van der Waals surface area contributed by atoms with E-state index in [1.165, 1.54) is 0 Å². The van der Waals surface area contributed by atoms with Gasteiger partial charge >= 0.3 is 0 Å². The van der Waals surface area contributed by atoms with Crippen LogP contribution in [0.5, 0.6) is 0 Å². The summed E-state index contributed by atoms with van der Waals surface area (Å²) in [6, 6.07) is 10.1. The molecule has 1 heterocycles. The van der Waals surface area contributed by atoms with Gasteiger partial charge in [0.05, 0.1) is 0 Å². The van der Waals surface area contributed by atoms with Crippen molar-refractivity contribution < 1.29 is 9.59 Å². The highest BCUT2D eigenvalue weighted by Gasteiger charge is 2.16. The van der Waals surface area contributed by atoms with E-state index >= 15 is 0 Å². The first-order valence-electron chi connectivity index (χ1n) is 7.94. The number of nitrogens with zero attached hydrogens (tertiary/aromatic N) is 1. The molecule has 1 saturated heterocycles. The molecule has 2 rings (SSSR count). The van der Waals surface area contributed by atoms with Crippen molar-refractivity contribution in [3.8, 4) is 0 Å². The van der Waals surface area contributed by atoms with Crippen molar-refractivity contribution in [1.82, 2.24) is 15.5 Å². The molecule has 1 aromatic rings. The minimum absolute atomic E-state index is 0.00372. The van der Waals surface area contributed by atoms with Gasteiger partial charge in [0.2, 0.25) is 11.8 Å². The van der Waals surface area contributed by atoms with Gasteiger partial charge in [-0.3, -0.25) is 9.59 Å². The summed E-state index contributed by atoms with van der Waals surface area (Å²) in [6.45, 7) is 4.42. The second kappa shape index (κ2) is 8.54. The van der Waals surface area contributed by atoms with Gasteiger partial charge in [-0.2, -0.15) is 0 Å². The van der Waals surface area contributed by atoms with Crippen molar-refractivity contribution in [3.05, 3.63) is 35.9 Å². The van der Waals surface area contributed by atoms with Crippen molar-refractivity contribution in [2.75, 3.05) is 19.6 Å². The summed E-state index contributed by atoms with van der Waals surface area (Å²) in [6.07, 6.45) is 2.47. The Hall–Kier alpha value is -1.88. The summed E-state index contributed by atoms with van der Waals surface area (Å²) in [5, 5.41) is 6.31. The first-order valence-corrected chi connectivity index (χ1v) is 7.94. The zero-order valence-electron chi connectivity index (χ0n) is 13.2. The number of carbonyl (C=O) groups is 2. The highest BCUT2D eigenvalue weighted by Crippen LogP contribution is 2.06. The standard InChI is InChI=1S/C17H25N3O2/c1-14(21)20(13-15-6-3-2-4-7-15)11-9-17(22)19-16-8-5-10-18-12-16/h2-4,6-7,16,18H,5,8-13H2,1H3,(H,19,22). The second-order valence-electron chi connectivity index (χ2n) is 5.79. The Kier molecular flexibility index (Phi) is 6.40. The highest BCUT2D eigenvalue weighted by atomic mass is 16.2. The molecule has 0 saturated carbocycles. The summed E-state index contributed by atoms with van der Waals surface area (Å²) in [5.41, 5.74) is 1.08. The van der Waals surface area contributed by atoms with E-state index in [2.05, 4.69) is 10.6 Å². The van der Waals surface area contributed by atoms with Gasteiger partial charge in [-0.25, -0.2) is 0 Å². The van der Waals surface area contributed by atoms with Gasteiger partial charge in [-0.05, 0) is 24.9 Å². The predicted molar refractivity (Wildman–Crippen MR) is 86.2 cm³/mol. The van der Waals surface area contributed by atoms with Crippen LogP contribution in [-0.2, 0) is 16.1 Å². The van der Waals surface area contributed by atoms with Crippen LogP contribution in [0.1, 0.15) is 31.7 Å². The van der Waals surface area contributed by atoms with Crippen molar-refractivity contribution in [3.63, 3.8) is 0 Å². The molecule has 120 valence electrons. The van der Waals surface area contributed by atoms with Crippen LogP contribution in [0.25, 0.3) is 0 Å². The molecular formula is C17H25N3O2. The molecule has 1 aromatic carbocycles. The lowest BCUT2D eigenvalue weighted by molar-refractivity contribution is -0.130. The fourth-order valence-corrected chi connectivity index (χ4v) is 2.66. The number of nitrogens with one attached hydrogen (secondary N) is 2. The van der Waals surface area contributed by atoms with Crippen LogP contribution in [0.4, 0.5) is 0 Å². The molecule has 0 radical (unpaired) electrons. The molecule has 0 aliphatic carbocycles. The van der Waals surface area contributed by atoms with Gasteiger partial charge in [0.1, 0.15) is 0 Å². The lowest BCUT2D eigenvalue weighted by Gasteiger charge is -2.25. The Morgan fingerprint density at radius 2 is 2.09 bits per heavy atom. The Balaban J connectivity index is 1.78. The zero-order chi connectivity index (χ0) is 15.8. The molecule has 0 spiro atoms. The number of hydrogen-bond acceptors (Lipinski definition) is 3. The number of benzene rings is 1. The first kappa shape index (κ1) is 16.5. The van der Waals surface area contributed by atoms with Gasteiger partial charge in [-0.15, -0.1) is 0 Å². The van der Waals surface area contributed by atoms with Gasteiger partial charge in [0.25, 0.3) is 0 Å². The maximum atomic E-state index is 12.0. The van der Waals surface area contributed by atoms with Crippen molar-refractivity contribution in [1.29, 1.82) is 0 Å². The molecule has 2 N–H and O–H groups in total. The maximum absolute atomic E-state index is 12.0. The minimum Gasteiger partial charge on any atom is -0.352 e. The average Bonchev–Trinajstić information content (AvgIpc) is 2.53. The third kappa shape index (κ3) is 5.48. The maximum Gasteiger partial charge on any atom is 0.222 e.